The van der Waals surface area contributed by atoms with Crippen LogP contribution in [0.25, 0.3) is 0 Å². The maximum absolute atomic E-state index is 9.46. The van der Waals surface area contributed by atoms with E-state index < -0.39 is 0 Å². The third kappa shape index (κ3) is 2.37. The minimum Gasteiger partial charge on any atom is -0.469 e. The molecule has 0 spiro atoms. The molecule has 0 amide bonds. The largest absolute Gasteiger partial charge is 0.469 e. The van der Waals surface area contributed by atoms with Gasteiger partial charge in [-0.15, -0.1) is 0 Å². The number of aliphatic hydroxyl groups excluding tert-OH is 1. The standard InChI is InChI=1S/C16H15NO2/c18-11-14-15(12-7-3-1-4-8-12)17-16(19-14)13-9-5-2-6-10-13/h1-10,14-15,18H,11H2/t14-,15-/m0/s1. The molecule has 1 aliphatic heterocycles. The fourth-order valence-corrected chi connectivity index (χ4v) is 2.25. The first kappa shape index (κ1) is 11.9. The van der Waals surface area contributed by atoms with Crippen molar-refractivity contribution < 1.29 is 9.84 Å². The van der Waals surface area contributed by atoms with Crippen molar-refractivity contribution in [3.8, 4) is 0 Å². The molecule has 0 fully saturated rings. The molecule has 0 unspecified atom stereocenters. The van der Waals surface area contributed by atoms with Crippen LogP contribution in [0.15, 0.2) is 65.7 Å². The molecule has 0 radical (unpaired) electrons. The smallest absolute Gasteiger partial charge is 0.217 e. The zero-order valence-electron chi connectivity index (χ0n) is 10.4. The second-order valence-corrected chi connectivity index (χ2v) is 4.49. The summed E-state index contributed by atoms with van der Waals surface area (Å²) in [5.41, 5.74) is 2.01. The van der Waals surface area contributed by atoms with Gasteiger partial charge in [0.1, 0.15) is 12.1 Å². The summed E-state index contributed by atoms with van der Waals surface area (Å²) in [6, 6.07) is 19.6. The monoisotopic (exact) mass is 253 g/mol. The first-order valence-corrected chi connectivity index (χ1v) is 6.34. The van der Waals surface area contributed by atoms with Gasteiger partial charge in [0.25, 0.3) is 0 Å². The van der Waals surface area contributed by atoms with Gasteiger partial charge in [0.05, 0.1) is 6.61 Å². The third-order valence-corrected chi connectivity index (χ3v) is 3.21. The normalized spacial score (nSPS) is 21.8. The number of rotatable bonds is 3. The van der Waals surface area contributed by atoms with Crippen molar-refractivity contribution in [1.29, 1.82) is 0 Å². The third-order valence-electron chi connectivity index (χ3n) is 3.21. The summed E-state index contributed by atoms with van der Waals surface area (Å²) >= 11 is 0. The molecular weight excluding hydrogens is 238 g/mol. The number of ether oxygens (including phenoxy) is 1. The molecule has 1 N–H and O–H groups in total. The van der Waals surface area contributed by atoms with Crippen molar-refractivity contribution in [3.63, 3.8) is 0 Å². The molecule has 3 heteroatoms. The predicted octanol–water partition coefficient (Wildman–Crippen LogP) is 2.57. The van der Waals surface area contributed by atoms with Crippen molar-refractivity contribution in [2.75, 3.05) is 6.61 Å². The van der Waals surface area contributed by atoms with Gasteiger partial charge in [-0.3, -0.25) is 0 Å². The first-order valence-electron chi connectivity index (χ1n) is 6.34. The number of nitrogens with zero attached hydrogens (tertiary/aromatic N) is 1. The summed E-state index contributed by atoms with van der Waals surface area (Å²) in [5, 5.41) is 9.46. The lowest BCUT2D eigenvalue weighted by Crippen LogP contribution is -2.21. The second-order valence-electron chi connectivity index (χ2n) is 4.49. The van der Waals surface area contributed by atoms with Crippen LogP contribution in [0.5, 0.6) is 0 Å². The zero-order valence-corrected chi connectivity index (χ0v) is 10.4. The van der Waals surface area contributed by atoms with E-state index in [0.29, 0.717) is 5.90 Å². The van der Waals surface area contributed by atoms with Crippen molar-refractivity contribution >= 4 is 5.90 Å². The zero-order chi connectivity index (χ0) is 13.1. The number of aliphatic imine (C=N–C) groups is 1. The number of hydrogen-bond donors (Lipinski definition) is 1. The van der Waals surface area contributed by atoms with E-state index in [1.165, 1.54) is 0 Å². The molecule has 19 heavy (non-hydrogen) atoms. The molecule has 1 heterocycles. The van der Waals surface area contributed by atoms with Crippen LogP contribution in [-0.4, -0.2) is 23.7 Å². The minimum absolute atomic E-state index is 0.0423. The molecule has 2 atom stereocenters. The first-order chi connectivity index (χ1) is 9.38. The van der Waals surface area contributed by atoms with Crippen molar-refractivity contribution in [2.24, 2.45) is 4.99 Å². The molecule has 0 saturated carbocycles. The van der Waals surface area contributed by atoms with Gasteiger partial charge in [0, 0.05) is 5.56 Å². The fraction of sp³-hybridized carbons (Fsp3) is 0.188. The Morgan fingerprint density at radius 2 is 1.58 bits per heavy atom. The van der Waals surface area contributed by atoms with Gasteiger partial charge in [0.2, 0.25) is 5.90 Å². The lowest BCUT2D eigenvalue weighted by atomic mass is 10.0. The fourth-order valence-electron chi connectivity index (χ4n) is 2.25. The lowest BCUT2D eigenvalue weighted by Gasteiger charge is -2.15. The average molecular weight is 253 g/mol. The lowest BCUT2D eigenvalue weighted by molar-refractivity contribution is 0.107. The highest BCUT2D eigenvalue weighted by molar-refractivity contribution is 5.95. The summed E-state index contributed by atoms with van der Waals surface area (Å²) in [4.78, 5) is 4.62. The SMILES string of the molecule is OC[C@@H]1OC(c2ccccc2)=N[C@H]1c1ccccc1. The van der Waals surface area contributed by atoms with Crippen LogP contribution in [0.4, 0.5) is 0 Å². The molecule has 0 aliphatic carbocycles. The van der Waals surface area contributed by atoms with Gasteiger partial charge in [-0.25, -0.2) is 4.99 Å². The number of hydrogen-bond acceptors (Lipinski definition) is 3. The van der Waals surface area contributed by atoms with Crippen molar-refractivity contribution in [2.45, 2.75) is 12.1 Å². The minimum atomic E-state index is -0.308. The highest BCUT2D eigenvalue weighted by atomic mass is 16.5. The molecule has 2 aromatic carbocycles. The maximum atomic E-state index is 9.46. The van der Waals surface area contributed by atoms with Gasteiger partial charge in [0.15, 0.2) is 0 Å². The van der Waals surface area contributed by atoms with E-state index in [1.54, 1.807) is 0 Å². The summed E-state index contributed by atoms with van der Waals surface area (Å²) in [7, 11) is 0. The van der Waals surface area contributed by atoms with E-state index in [0.717, 1.165) is 11.1 Å². The molecule has 96 valence electrons. The van der Waals surface area contributed by atoms with E-state index in [-0.39, 0.29) is 18.8 Å². The van der Waals surface area contributed by atoms with Crippen molar-refractivity contribution in [3.05, 3.63) is 71.8 Å². The molecule has 0 aromatic heterocycles. The molecule has 3 rings (SSSR count). The number of benzene rings is 2. The van der Waals surface area contributed by atoms with Gasteiger partial charge in [-0.2, -0.15) is 0 Å². The van der Waals surface area contributed by atoms with E-state index in [2.05, 4.69) is 4.99 Å². The van der Waals surface area contributed by atoms with E-state index in [9.17, 15) is 5.11 Å². The molecule has 1 aliphatic rings. The van der Waals surface area contributed by atoms with Gasteiger partial charge in [-0.1, -0.05) is 48.5 Å². The second kappa shape index (κ2) is 5.24. The Labute approximate surface area is 112 Å². The highest BCUT2D eigenvalue weighted by Gasteiger charge is 2.31. The summed E-state index contributed by atoms with van der Waals surface area (Å²) in [6.45, 7) is -0.0423. The molecular formula is C16H15NO2. The summed E-state index contributed by atoms with van der Waals surface area (Å²) in [5.74, 6) is 0.605. The van der Waals surface area contributed by atoms with Gasteiger partial charge >= 0.3 is 0 Å². The topological polar surface area (TPSA) is 41.8 Å². The van der Waals surface area contributed by atoms with E-state index in [1.807, 2.05) is 60.7 Å². The van der Waals surface area contributed by atoms with Crippen LogP contribution in [-0.2, 0) is 4.74 Å². The summed E-state index contributed by atoms with van der Waals surface area (Å²) in [6.07, 6.45) is -0.308. The van der Waals surface area contributed by atoms with Crippen LogP contribution in [0, 0.1) is 0 Å². The average Bonchev–Trinajstić information content (AvgIpc) is 2.93. The van der Waals surface area contributed by atoms with Crippen LogP contribution in [0.1, 0.15) is 17.2 Å². The number of aliphatic hydroxyl groups is 1. The Bertz CT molecular complexity index is 566. The van der Waals surface area contributed by atoms with Crippen LogP contribution in [0.3, 0.4) is 0 Å². The molecule has 0 bridgehead atoms. The highest BCUT2D eigenvalue weighted by Crippen LogP contribution is 2.30. The molecule has 3 nitrogen and oxygen atoms in total. The van der Waals surface area contributed by atoms with E-state index in [4.69, 9.17) is 4.74 Å². The van der Waals surface area contributed by atoms with Crippen LogP contribution < -0.4 is 0 Å². The van der Waals surface area contributed by atoms with E-state index >= 15 is 0 Å². The predicted molar refractivity (Wildman–Crippen MR) is 74.1 cm³/mol. The Morgan fingerprint density at radius 3 is 2.21 bits per heavy atom. The van der Waals surface area contributed by atoms with Crippen LogP contribution in [0.2, 0.25) is 0 Å². The van der Waals surface area contributed by atoms with Gasteiger partial charge < -0.3 is 9.84 Å². The maximum Gasteiger partial charge on any atom is 0.217 e. The van der Waals surface area contributed by atoms with Crippen molar-refractivity contribution in [1.82, 2.24) is 0 Å². The summed E-state index contributed by atoms with van der Waals surface area (Å²) < 4.78 is 5.76. The Balaban J connectivity index is 1.93. The molecule has 2 aromatic rings. The quantitative estimate of drug-likeness (QED) is 0.913. The molecule has 0 saturated heterocycles. The Morgan fingerprint density at radius 1 is 0.947 bits per heavy atom. The Hall–Kier alpha value is -2.13. The Kier molecular flexibility index (Phi) is 3.29. The van der Waals surface area contributed by atoms with Crippen LogP contribution >= 0.6 is 0 Å². The van der Waals surface area contributed by atoms with Gasteiger partial charge in [-0.05, 0) is 17.7 Å².